The Morgan fingerprint density at radius 2 is 2.11 bits per heavy atom. The van der Waals surface area contributed by atoms with Crippen LogP contribution in [0.1, 0.15) is 45.2 Å². The van der Waals surface area contributed by atoms with Crippen LogP contribution < -0.4 is 10.6 Å². The van der Waals surface area contributed by atoms with E-state index in [-0.39, 0.29) is 35.9 Å². The highest BCUT2D eigenvalue weighted by Crippen LogP contribution is 2.37. The average Bonchev–Trinajstić information content (AvgIpc) is 3.09. The fourth-order valence-corrected chi connectivity index (χ4v) is 3.83. The molecule has 1 aliphatic heterocycles. The second-order valence-corrected chi connectivity index (χ2v) is 8.25. The lowest BCUT2D eigenvalue weighted by atomic mass is 9.83. The first-order valence-electron chi connectivity index (χ1n) is 9.77. The summed E-state index contributed by atoms with van der Waals surface area (Å²) in [5.74, 6) is 0.116. The summed E-state index contributed by atoms with van der Waals surface area (Å²) in [5.41, 5.74) is 4.11. The first kappa shape index (κ1) is 19.5. The van der Waals surface area contributed by atoms with Gasteiger partial charge in [0.15, 0.2) is 0 Å². The Labute approximate surface area is 161 Å². The molecule has 0 bridgehead atoms. The van der Waals surface area contributed by atoms with Crippen molar-refractivity contribution in [3.63, 3.8) is 0 Å². The first-order valence-corrected chi connectivity index (χ1v) is 9.77. The molecule has 5 nitrogen and oxygen atoms in total. The van der Waals surface area contributed by atoms with Crippen LogP contribution in [0.2, 0.25) is 0 Å². The van der Waals surface area contributed by atoms with Gasteiger partial charge < -0.3 is 20.7 Å². The number of aliphatic hydroxyl groups is 1. The lowest BCUT2D eigenvalue weighted by Gasteiger charge is -2.27. The summed E-state index contributed by atoms with van der Waals surface area (Å²) < 4.78 is 0. The maximum Gasteiger partial charge on any atom is 0.243 e. The first-order chi connectivity index (χ1) is 12.8. The van der Waals surface area contributed by atoms with E-state index >= 15 is 0 Å². The molecule has 0 saturated carbocycles. The number of H-pyrrole nitrogens is 1. The molecule has 27 heavy (non-hydrogen) atoms. The predicted octanol–water partition coefficient (Wildman–Crippen LogP) is 3.49. The van der Waals surface area contributed by atoms with E-state index in [1.54, 1.807) is 0 Å². The number of rotatable bonds is 5. The maximum atomic E-state index is 12.8. The number of hydrogen-bond donors (Lipinski definition) is 4. The zero-order chi connectivity index (χ0) is 19.8. The van der Waals surface area contributed by atoms with Crippen molar-refractivity contribution >= 4 is 22.5 Å². The largest absolute Gasteiger partial charge is 0.394 e. The highest BCUT2D eigenvalue weighted by Gasteiger charge is 2.30. The van der Waals surface area contributed by atoms with Gasteiger partial charge in [-0.15, -0.1) is 6.58 Å². The molecular weight excluding hydrogens is 338 g/mol. The molecule has 3 atom stereocenters. The molecule has 2 aromatic rings. The summed E-state index contributed by atoms with van der Waals surface area (Å²) in [6, 6.07) is 3.54. The highest BCUT2D eigenvalue weighted by atomic mass is 16.3. The van der Waals surface area contributed by atoms with E-state index in [1.165, 1.54) is 5.56 Å². The number of carbonyl (C=O) groups is 1. The van der Waals surface area contributed by atoms with E-state index in [0.29, 0.717) is 6.42 Å². The van der Waals surface area contributed by atoms with Crippen molar-refractivity contribution < 1.29 is 9.90 Å². The van der Waals surface area contributed by atoms with Crippen LogP contribution in [-0.2, 0) is 16.6 Å². The van der Waals surface area contributed by atoms with Crippen LogP contribution in [0.25, 0.3) is 10.9 Å². The van der Waals surface area contributed by atoms with Crippen molar-refractivity contribution in [3.8, 4) is 0 Å². The van der Waals surface area contributed by atoms with Crippen molar-refractivity contribution in [2.75, 3.05) is 11.9 Å². The number of benzene rings is 1. The monoisotopic (exact) mass is 369 g/mol. The summed E-state index contributed by atoms with van der Waals surface area (Å²) in [6.45, 7) is 12.4. The number of carbonyl (C=O) groups excluding carboxylic acids is 1. The fourth-order valence-electron chi connectivity index (χ4n) is 3.83. The van der Waals surface area contributed by atoms with Gasteiger partial charge in [0.2, 0.25) is 5.91 Å². The molecule has 0 radical (unpaired) electrons. The molecule has 1 aromatic heterocycles. The quantitative estimate of drug-likeness (QED) is 0.609. The summed E-state index contributed by atoms with van der Waals surface area (Å²) in [5, 5.41) is 17.4. The van der Waals surface area contributed by atoms with Crippen LogP contribution >= 0.6 is 0 Å². The molecule has 3 rings (SSSR count). The topological polar surface area (TPSA) is 77.2 Å². The second kappa shape index (κ2) is 7.39. The van der Waals surface area contributed by atoms with Gasteiger partial charge in [0.1, 0.15) is 6.04 Å². The summed E-state index contributed by atoms with van der Waals surface area (Å²) >= 11 is 0. The molecule has 146 valence electrons. The van der Waals surface area contributed by atoms with Gasteiger partial charge in [0, 0.05) is 22.7 Å². The minimum Gasteiger partial charge on any atom is -0.394 e. The minimum absolute atomic E-state index is 0.0545. The van der Waals surface area contributed by atoms with E-state index in [0.717, 1.165) is 28.6 Å². The number of aromatic amines is 1. The number of amides is 1. The number of nitrogens with one attached hydrogen (secondary N) is 3. The molecule has 4 N–H and O–H groups in total. The van der Waals surface area contributed by atoms with Crippen LogP contribution in [0.3, 0.4) is 0 Å². The van der Waals surface area contributed by atoms with Crippen molar-refractivity contribution in [3.05, 3.63) is 42.1 Å². The zero-order valence-corrected chi connectivity index (χ0v) is 16.7. The Morgan fingerprint density at radius 1 is 1.37 bits per heavy atom. The van der Waals surface area contributed by atoms with E-state index in [9.17, 15) is 9.90 Å². The highest BCUT2D eigenvalue weighted by molar-refractivity contribution is 5.99. The Morgan fingerprint density at radius 3 is 2.74 bits per heavy atom. The lowest BCUT2D eigenvalue weighted by Crippen LogP contribution is -2.48. The summed E-state index contributed by atoms with van der Waals surface area (Å²) in [6.07, 6.45) is 5.43. The number of hydrogen-bond acceptors (Lipinski definition) is 3. The van der Waals surface area contributed by atoms with E-state index < -0.39 is 0 Å². The summed E-state index contributed by atoms with van der Waals surface area (Å²) in [7, 11) is 0. The van der Waals surface area contributed by atoms with Crippen LogP contribution in [0, 0.1) is 5.92 Å². The van der Waals surface area contributed by atoms with Crippen LogP contribution in [0.5, 0.6) is 0 Å². The van der Waals surface area contributed by atoms with Gasteiger partial charge in [-0.1, -0.05) is 46.3 Å². The van der Waals surface area contributed by atoms with E-state index in [4.69, 9.17) is 0 Å². The number of aromatic nitrogens is 1. The third kappa shape index (κ3) is 3.48. The normalized spacial score (nSPS) is 21.6. The maximum absolute atomic E-state index is 12.8. The molecule has 1 amide bonds. The SMILES string of the molecule is C=CC(C)(C)c1ccc2c3c(c[nH]c13)CC(CO)NC(=O)C(C(C)CC)N2. The zero-order valence-electron chi connectivity index (χ0n) is 16.7. The van der Waals surface area contributed by atoms with Gasteiger partial charge in [0.05, 0.1) is 18.2 Å². The molecule has 0 saturated heterocycles. The van der Waals surface area contributed by atoms with Crippen LogP contribution in [0.4, 0.5) is 5.69 Å². The third-order valence-corrected chi connectivity index (χ3v) is 5.96. The van der Waals surface area contributed by atoms with E-state index in [2.05, 4.69) is 62.0 Å². The van der Waals surface area contributed by atoms with Gasteiger partial charge in [-0.2, -0.15) is 0 Å². The van der Waals surface area contributed by atoms with Gasteiger partial charge in [-0.05, 0) is 29.5 Å². The van der Waals surface area contributed by atoms with Gasteiger partial charge in [-0.25, -0.2) is 0 Å². The number of aliphatic hydroxyl groups excluding tert-OH is 1. The molecule has 0 aliphatic carbocycles. The van der Waals surface area contributed by atoms with E-state index in [1.807, 2.05) is 12.3 Å². The smallest absolute Gasteiger partial charge is 0.243 e. The fraction of sp³-hybridized carbons (Fsp3) is 0.500. The van der Waals surface area contributed by atoms with Gasteiger partial charge >= 0.3 is 0 Å². The van der Waals surface area contributed by atoms with Gasteiger partial charge in [0.25, 0.3) is 0 Å². The Kier molecular flexibility index (Phi) is 5.33. The average molecular weight is 370 g/mol. The molecule has 0 spiro atoms. The molecule has 1 aliphatic rings. The predicted molar refractivity (Wildman–Crippen MR) is 111 cm³/mol. The summed E-state index contributed by atoms with van der Waals surface area (Å²) in [4.78, 5) is 16.3. The molecule has 2 heterocycles. The van der Waals surface area contributed by atoms with Crippen LogP contribution in [0.15, 0.2) is 31.0 Å². The lowest BCUT2D eigenvalue weighted by molar-refractivity contribution is -0.123. The van der Waals surface area contributed by atoms with Crippen molar-refractivity contribution in [2.45, 2.75) is 58.0 Å². The minimum atomic E-state index is -0.341. The second-order valence-electron chi connectivity index (χ2n) is 8.25. The van der Waals surface area contributed by atoms with Crippen molar-refractivity contribution in [1.29, 1.82) is 0 Å². The molecule has 3 unspecified atom stereocenters. The standard InChI is InChI=1S/C22H31N3O2/c1-6-13(3)19-21(27)24-15(12-26)10-14-11-23-20-16(22(4,5)7-2)8-9-17(25-19)18(14)20/h7-9,11,13,15,19,23,25-26H,2,6,10,12H2,1,3-5H3,(H,24,27). The molecule has 5 heteroatoms. The Bertz CT molecular complexity index is 853. The Balaban J connectivity index is 2.21. The molecule has 0 fully saturated rings. The number of anilines is 1. The van der Waals surface area contributed by atoms with Crippen molar-refractivity contribution in [2.24, 2.45) is 5.92 Å². The van der Waals surface area contributed by atoms with Gasteiger partial charge in [-0.3, -0.25) is 4.79 Å². The van der Waals surface area contributed by atoms with Crippen LogP contribution in [-0.4, -0.2) is 34.7 Å². The number of allylic oxidation sites excluding steroid dienone is 1. The molecule has 1 aromatic carbocycles. The Hall–Kier alpha value is -2.27. The van der Waals surface area contributed by atoms with Crippen molar-refractivity contribution in [1.82, 2.24) is 10.3 Å². The third-order valence-electron chi connectivity index (χ3n) is 5.96. The molecular formula is C22H31N3O2.